The van der Waals surface area contributed by atoms with Crippen LogP contribution >= 0.6 is 0 Å². The summed E-state index contributed by atoms with van der Waals surface area (Å²) in [5, 5.41) is 8.81. The minimum Gasteiger partial charge on any atom is -0.478 e. The zero-order chi connectivity index (χ0) is 22.5. The van der Waals surface area contributed by atoms with Crippen LogP contribution in [0.1, 0.15) is 110 Å². The maximum Gasteiger partial charge on any atom is 0.330 e. The molecule has 174 valence electrons. The molecule has 0 saturated carbocycles. The van der Waals surface area contributed by atoms with Gasteiger partial charge in [-0.15, -0.1) is 0 Å². The molecule has 5 heteroatoms. The molecule has 0 aliphatic heterocycles. The van der Waals surface area contributed by atoms with Crippen molar-refractivity contribution in [2.75, 3.05) is 13.1 Å². The number of carbonyl (C=O) groups is 2. The van der Waals surface area contributed by atoms with Gasteiger partial charge in [0, 0.05) is 18.7 Å². The maximum atomic E-state index is 11.5. The molecule has 0 spiro atoms. The predicted molar refractivity (Wildman–Crippen MR) is 127 cm³/mol. The highest BCUT2D eigenvalue weighted by atomic mass is 16.4. The first-order chi connectivity index (χ1) is 14.5. The van der Waals surface area contributed by atoms with Crippen LogP contribution in [0.15, 0.2) is 24.3 Å². The summed E-state index contributed by atoms with van der Waals surface area (Å²) in [6.07, 6.45) is 23.2. The second-order valence-electron chi connectivity index (χ2n) is 8.28. The maximum absolute atomic E-state index is 11.5. The summed E-state index contributed by atoms with van der Waals surface area (Å²) in [4.78, 5) is 23.9. The highest BCUT2D eigenvalue weighted by Crippen LogP contribution is 2.11. The van der Waals surface area contributed by atoms with Crippen molar-refractivity contribution in [1.29, 1.82) is 0 Å². The van der Waals surface area contributed by atoms with Gasteiger partial charge in [0.05, 0.1) is 0 Å². The van der Waals surface area contributed by atoms with E-state index in [1.165, 1.54) is 77.0 Å². The largest absolute Gasteiger partial charge is 0.478 e. The van der Waals surface area contributed by atoms with E-state index in [0.29, 0.717) is 25.9 Å². The van der Waals surface area contributed by atoms with Crippen molar-refractivity contribution in [1.82, 2.24) is 4.90 Å². The topological polar surface area (TPSA) is 83.6 Å². The second kappa shape index (κ2) is 20.5. The van der Waals surface area contributed by atoms with Gasteiger partial charge in [0.25, 0.3) is 0 Å². The molecule has 0 fully saturated rings. The summed E-state index contributed by atoms with van der Waals surface area (Å²) >= 11 is 0. The average molecular weight is 423 g/mol. The smallest absolute Gasteiger partial charge is 0.330 e. The molecule has 2 amide bonds. The molecule has 0 heterocycles. The van der Waals surface area contributed by atoms with Crippen LogP contribution in [0.25, 0.3) is 0 Å². The van der Waals surface area contributed by atoms with Crippen LogP contribution in [0.3, 0.4) is 0 Å². The normalized spacial score (nSPS) is 11.1. The fraction of sp³-hybridized carbons (Fsp3) is 0.760. The molecule has 0 radical (unpaired) electrons. The molecule has 30 heavy (non-hydrogen) atoms. The molecule has 3 N–H and O–H groups in total. The summed E-state index contributed by atoms with van der Waals surface area (Å²) in [7, 11) is 0. The van der Waals surface area contributed by atoms with Crippen LogP contribution in [0.2, 0.25) is 0 Å². The number of carboxylic acid groups (broad SMARTS) is 1. The Kier molecular flexibility index (Phi) is 19.3. The summed E-state index contributed by atoms with van der Waals surface area (Å²) in [6.45, 7) is 6.90. The minimum absolute atomic E-state index is 0.177. The quantitative estimate of drug-likeness (QED) is 0.121. The van der Waals surface area contributed by atoms with E-state index >= 15 is 0 Å². The number of nitrogens with two attached hydrogens (primary N) is 1. The molecule has 0 bridgehead atoms. The summed E-state index contributed by atoms with van der Waals surface area (Å²) < 4.78 is 0. The van der Waals surface area contributed by atoms with Crippen molar-refractivity contribution < 1.29 is 14.7 Å². The van der Waals surface area contributed by atoms with E-state index < -0.39 is 12.0 Å². The van der Waals surface area contributed by atoms with Gasteiger partial charge in [0.1, 0.15) is 0 Å². The molecule has 0 rings (SSSR count). The van der Waals surface area contributed by atoms with Crippen molar-refractivity contribution in [3.8, 4) is 0 Å². The lowest BCUT2D eigenvalue weighted by atomic mass is 10.1. The Hall–Kier alpha value is -1.78. The van der Waals surface area contributed by atoms with Crippen LogP contribution in [0, 0.1) is 0 Å². The molecule has 0 saturated heterocycles. The number of carbonyl (C=O) groups excluding carboxylic acids is 1. The Morgan fingerprint density at radius 2 is 1.27 bits per heavy atom. The second-order valence-corrected chi connectivity index (χ2v) is 8.28. The van der Waals surface area contributed by atoms with Crippen LogP contribution < -0.4 is 5.73 Å². The standard InChI is InChI=1S/C25H46N2O3/c1-3-4-5-6-7-8-9-10-11-12-13-14-15-16-17-18-21-27(25(26)30)22-19-20-23(2)24(28)29/h10-11H,2-9,12-22H2,1H3,(H2,26,30)(H,28,29). The third-order valence-electron chi connectivity index (χ3n) is 5.46. The number of carboxylic acids is 1. The van der Waals surface area contributed by atoms with E-state index in [1.807, 2.05) is 0 Å². The molecule has 0 aromatic heterocycles. The van der Waals surface area contributed by atoms with Gasteiger partial charge in [-0.2, -0.15) is 0 Å². The van der Waals surface area contributed by atoms with Crippen LogP contribution in [0.5, 0.6) is 0 Å². The first-order valence-electron chi connectivity index (χ1n) is 12.1. The van der Waals surface area contributed by atoms with Gasteiger partial charge in [-0.05, 0) is 44.9 Å². The minimum atomic E-state index is -0.978. The van der Waals surface area contributed by atoms with E-state index in [-0.39, 0.29) is 5.57 Å². The molecule has 0 aliphatic carbocycles. The molecule has 0 unspecified atom stereocenters. The third kappa shape index (κ3) is 18.3. The lowest BCUT2D eigenvalue weighted by Crippen LogP contribution is -2.37. The number of unbranched alkanes of at least 4 members (excludes halogenated alkanes) is 12. The van der Waals surface area contributed by atoms with Crippen molar-refractivity contribution in [3.63, 3.8) is 0 Å². The number of hydrogen-bond acceptors (Lipinski definition) is 2. The van der Waals surface area contributed by atoms with Crippen LogP contribution in [0.4, 0.5) is 4.79 Å². The Morgan fingerprint density at radius 1 is 0.800 bits per heavy atom. The molecular formula is C25H46N2O3. The Labute approximate surface area is 184 Å². The van der Waals surface area contributed by atoms with E-state index in [4.69, 9.17) is 10.8 Å². The van der Waals surface area contributed by atoms with Gasteiger partial charge in [0.2, 0.25) is 0 Å². The monoisotopic (exact) mass is 422 g/mol. The first kappa shape index (κ1) is 28.2. The van der Waals surface area contributed by atoms with Crippen molar-refractivity contribution in [2.45, 2.75) is 110 Å². The van der Waals surface area contributed by atoms with Crippen LogP contribution in [-0.4, -0.2) is 35.1 Å². The van der Waals surface area contributed by atoms with Gasteiger partial charge in [-0.25, -0.2) is 9.59 Å². The number of amides is 2. The summed E-state index contributed by atoms with van der Waals surface area (Å²) in [6, 6.07) is -0.427. The zero-order valence-electron chi connectivity index (χ0n) is 19.4. The number of aliphatic carboxylic acids is 1. The molecule has 5 nitrogen and oxygen atoms in total. The van der Waals surface area contributed by atoms with Gasteiger partial charge >= 0.3 is 12.0 Å². The number of nitrogens with zero attached hydrogens (tertiary/aromatic N) is 1. The Morgan fingerprint density at radius 3 is 1.77 bits per heavy atom. The number of hydrogen-bond donors (Lipinski definition) is 2. The first-order valence-corrected chi connectivity index (χ1v) is 12.1. The number of urea groups is 1. The fourth-order valence-electron chi connectivity index (χ4n) is 3.47. The van der Waals surface area contributed by atoms with Crippen molar-refractivity contribution in [3.05, 3.63) is 24.3 Å². The zero-order valence-corrected chi connectivity index (χ0v) is 19.4. The van der Waals surface area contributed by atoms with E-state index in [9.17, 15) is 9.59 Å². The number of rotatable bonds is 21. The van der Waals surface area contributed by atoms with Crippen molar-refractivity contribution in [2.24, 2.45) is 5.73 Å². The molecular weight excluding hydrogens is 376 g/mol. The predicted octanol–water partition coefficient (Wildman–Crippen LogP) is 6.83. The highest BCUT2D eigenvalue weighted by molar-refractivity contribution is 5.85. The lowest BCUT2D eigenvalue weighted by molar-refractivity contribution is -0.132. The molecule has 0 aromatic rings. The van der Waals surface area contributed by atoms with Gasteiger partial charge < -0.3 is 15.7 Å². The van der Waals surface area contributed by atoms with Gasteiger partial charge in [-0.3, -0.25) is 0 Å². The Balaban J connectivity index is 3.53. The van der Waals surface area contributed by atoms with Gasteiger partial charge in [0.15, 0.2) is 0 Å². The van der Waals surface area contributed by atoms with E-state index in [1.54, 1.807) is 4.90 Å². The highest BCUT2D eigenvalue weighted by Gasteiger charge is 2.10. The number of primary amides is 1. The molecule has 0 aliphatic rings. The van der Waals surface area contributed by atoms with Crippen molar-refractivity contribution >= 4 is 12.0 Å². The molecule has 0 atom stereocenters. The van der Waals surface area contributed by atoms with Crippen LogP contribution in [-0.2, 0) is 4.79 Å². The molecule has 0 aromatic carbocycles. The Bertz CT molecular complexity index is 489. The SMILES string of the molecule is C=C(CCCN(CCCCCCCCC=CCCCCCCCC)C(N)=O)C(=O)O. The van der Waals surface area contributed by atoms with Gasteiger partial charge in [-0.1, -0.05) is 83.4 Å². The third-order valence-corrected chi connectivity index (χ3v) is 5.46. The van der Waals surface area contributed by atoms with E-state index in [0.717, 1.165) is 12.8 Å². The fourth-order valence-corrected chi connectivity index (χ4v) is 3.47. The summed E-state index contributed by atoms with van der Waals surface area (Å²) in [5.41, 5.74) is 5.60. The van der Waals surface area contributed by atoms with E-state index in [2.05, 4.69) is 25.7 Å². The summed E-state index contributed by atoms with van der Waals surface area (Å²) in [5.74, 6) is -0.978. The number of allylic oxidation sites excluding steroid dienone is 2. The lowest BCUT2D eigenvalue weighted by Gasteiger charge is -2.20. The average Bonchev–Trinajstić information content (AvgIpc) is 2.71.